The maximum atomic E-state index is 12.7. The molecular weight excluding hydrogens is 254 g/mol. The fourth-order valence-corrected chi connectivity index (χ4v) is 2.92. The Hall–Kier alpha value is -1.74. The molecule has 0 aliphatic carbocycles. The molecule has 1 aliphatic heterocycles. The van der Waals surface area contributed by atoms with Crippen molar-refractivity contribution in [2.24, 2.45) is 0 Å². The van der Waals surface area contributed by atoms with Gasteiger partial charge in [-0.15, -0.1) is 0 Å². The number of hydrogen-bond acceptors (Lipinski definition) is 2. The fourth-order valence-electron chi connectivity index (χ4n) is 2.17. The topological polar surface area (TPSA) is 20.3 Å². The van der Waals surface area contributed by atoms with Crippen LogP contribution in [0.15, 0.2) is 60.7 Å². The van der Waals surface area contributed by atoms with Crippen molar-refractivity contribution in [2.75, 3.05) is 16.4 Å². The number of thioether (sulfide) groups is 1. The Balaban J connectivity index is 1.94. The van der Waals surface area contributed by atoms with Gasteiger partial charge in [0.1, 0.15) is 0 Å². The molecule has 0 unspecified atom stereocenters. The molecule has 0 bridgehead atoms. The summed E-state index contributed by atoms with van der Waals surface area (Å²) in [5, 5.41) is 0. The van der Waals surface area contributed by atoms with E-state index in [0.717, 1.165) is 22.8 Å². The average molecular weight is 269 g/mol. The predicted octanol–water partition coefficient (Wildman–Crippen LogP) is 3.45. The third-order valence-corrected chi connectivity index (χ3v) is 4.50. The van der Waals surface area contributed by atoms with Crippen molar-refractivity contribution >= 4 is 23.4 Å². The highest BCUT2D eigenvalue weighted by Crippen LogP contribution is 2.29. The van der Waals surface area contributed by atoms with Gasteiger partial charge in [0.05, 0.1) is 6.04 Å². The number of rotatable bonds is 3. The van der Waals surface area contributed by atoms with Crippen molar-refractivity contribution < 1.29 is 4.79 Å². The van der Waals surface area contributed by atoms with E-state index in [0.29, 0.717) is 6.04 Å². The zero-order chi connectivity index (χ0) is 13.1. The summed E-state index contributed by atoms with van der Waals surface area (Å²) in [6, 6.07) is 19.8. The van der Waals surface area contributed by atoms with E-state index in [-0.39, 0.29) is 5.91 Å². The second kappa shape index (κ2) is 5.49. The zero-order valence-corrected chi connectivity index (χ0v) is 11.3. The van der Waals surface area contributed by atoms with Crippen LogP contribution in [0.3, 0.4) is 0 Å². The van der Waals surface area contributed by atoms with Gasteiger partial charge in [0.2, 0.25) is 0 Å². The molecule has 1 amide bonds. The molecule has 2 aromatic rings. The van der Waals surface area contributed by atoms with Crippen molar-refractivity contribution in [3.63, 3.8) is 0 Å². The van der Waals surface area contributed by atoms with E-state index < -0.39 is 0 Å². The number of para-hydroxylation sites is 1. The summed E-state index contributed by atoms with van der Waals surface area (Å²) in [4.78, 5) is 14.6. The second-order valence-corrected chi connectivity index (χ2v) is 5.64. The molecule has 1 aliphatic rings. The first kappa shape index (κ1) is 12.3. The quantitative estimate of drug-likeness (QED) is 0.850. The van der Waals surface area contributed by atoms with Gasteiger partial charge >= 0.3 is 0 Å². The van der Waals surface area contributed by atoms with E-state index >= 15 is 0 Å². The summed E-state index contributed by atoms with van der Waals surface area (Å²) >= 11 is 1.89. The van der Waals surface area contributed by atoms with Crippen LogP contribution in [-0.2, 0) is 0 Å². The molecule has 0 radical (unpaired) electrons. The van der Waals surface area contributed by atoms with Gasteiger partial charge in [0.25, 0.3) is 5.91 Å². The van der Waals surface area contributed by atoms with Crippen molar-refractivity contribution in [2.45, 2.75) is 6.04 Å². The van der Waals surface area contributed by atoms with E-state index in [9.17, 15) is 4.79 Å². The molecular formula is C16H15NOS. The molecule has 1 fully saturated rings. The summed E-state index contributed by atoms with van der Waals surface area (Å²) in [6.07, 6.45) is 0. The lowest BCUT2D eigenvalue weighted by Gasteiger charge is -2.37. The summed E-state index contributed by atoms with van der Waals surface area (Å²) in [6.45, 7) is 0. The van der Waals surface area contributed by atoms with Crippen LogP contribution in [0.5, 0.6) is 0 Å². The number of carbonyl (C=O) groups excluding carboxylic acids is 1. The lowest BCUT2D eigenvalue weighted by molar-refractivity contribution is 0.0980. The molecule has 0 saturated carbocycles. The average Bonchev–Trinajstić information content (AvgIpc) is 2.44. The molecule has 96 valence electrons. The van der Waals surface area contributed by atoms with E-state index in [2.05, 4.69) is 0 Å². The number of anilines is 1. The Kier molecular flexibility index (Phi) is 3.56. The first-order chi connectivity index (χ1) is 9.36. The van der Waals surface area contributed by atoms with Crippen LogP contribution < -0.4 is 4.90 Å². The maximum absolute atomic E-state index is 12.7. The number of benzene rings is 2. The summed E-state index contributed by atoms with van der Waals surface area (Å²) in [5.41, 5.74) is 1.74. The van der Waals surface area contributed by atoms with Gasteiger partial charge in [-0.25, -0.2) is 0 Å². The maximum Gasteiger partial charge on any atom is 0.258 e. The van der Waals surface area contributed by atoms with Gasteiger partial charge in [0.15, 0.2) is 0 Å². The van der Waals surface area contributed by atoms with E-state index in [1.807, 2.05) is 77.3 Å². The number of nitrogens with zero attached hydrogens (tertiary/aromatic N) is 1. The van der Waals surface area contributed by atoms with Crippen LogP contribution >= 0.6 is 11.8 Å². The number of hydrogen-bond donors (Lipinski definition) is 0. The highest BCUT2D eigenvalue weighted by atomic mass is 32.2. The van der Waals surface area contributed by atoms with Crippen LogP contribution in [0.1, 0.15) is 10.4 Å². The van der Waals surface area contributed by atoms with Crippen molar-refractivity contribution in [3.8, 4) is 0 Å². The molecule has 19 heavy (non-hydrogen) atoms. The first-order valence-corrected chi connectivity index (χ1v) is 7.53. The summed E-state index contributed by atoms with van der Waals surface area (Å²) in [7, 11) is 0. The second-order valence-electron chi connectivity index (χ2n) is 4.57. The molecule has 2 aromatic carbocycles. The first-order valence-electron chi connectivity index (χ1n) is 6.37. The van der Waals surface area contributed by atoms with Crippen LogP contribution in [0.2, 0.25) is 0 Å². The van der Waals surface area contributed by atoms with Crippen LogP contribution in [0, 0.1) is 0 Å². The minimum Gasteiger partial charge on any atom is -0.304 e. The normalized spacial score (nSPS) is 14.7. The summed E-state index contributed by atoms with van der Waals surface area (Å²) in [5.74, 6) is 2.14. The molecule has 0 N–H and O–H groups in total. The van der Waals surface area contributed by atoms with Gasteiger partial charge in [-0.1, -0.05) is 36.4 Å². The van der Waals surface area contributed by atoms with E-state index in [4.69, 9.17) is 0 Å². The van der Waals surface area contributed by atoms with Gasteiger partial charge in [-0.05, 0) is 24.3 Å². The molecule has 2 nitrogen and oxygen atoms in total. The van der Waals surface area contributed by atoms with Crippen molar-refractivity contribution in [3.05, 3.63) is 66.2 Å². The Morgan fingerprint density at radius 3 is 2.05 bits per heavy atom. The Morgan fingerprint density at radius 1 is 0.947 bits per heavy atom. The minimum absolute atomic E-state index is 0.0945. The van der Waals surface area contributed by atoms with Gasteiger partial charge in [0, 0.05) is 22.8 Å². The lowest BCUT2D eigenvalue weighted by Crippen LogP contribution is -2.48. The van der Waals surface area contributed by atoms with E-state index in [1.54, 1.807) is 0 Å². The minimum atomic E-state index is 0.0945. The number of carbonyl (C=O) groups is 1. The third kappa shape index (κ3) is 2.51. The smallest absolute Gasteiger partial charge is 0.258 e. The SMILES string of the molecule is O=C(c1ccccc1)N(c1ccccc1)C1CSC1. The van der Waals surface area contributed by atoms with Crippen molar-refractivity contribution in [1.82, 2.24) is 0 Å². The summed E-state index contributed by atoms with van der Waals surface area (Å²) < 4.78 is 0. The molecule has 3 rings (SSSR count). The van der Waals surface area contributed by atoms with Crippen LogP contribution in [-0.4, -0.2) is 23.5 Å². The largest absolute Gasteiger partial charge is 0.304 e. The van der Waals surface area contributed by atoms with Crippen LogP contribution in [0.4, 0.5) is 5.69 Å². The molecule has 0 aromatic heterocycles. The highest BCUT2D eigenvalue weighted by Gasteiger charge is 2.31. The molecule has 0 spiro atoms. The molecule has 3 heteroatoms. The highest BCUT2D eigenvalue weighted by molar-refractivity contribution is 8.00. The fraction of sp³-hybridized carbons (Fsp3) is 0.188. The van der Waals surface area contributed by atoms with Gasteiger partial charge < -0.3 is 4.90 Å². The van der Waals surface area contributed by atoms with Crippen molar-refractivity contribution in [1.29, 1.82) is 0 Å². The lowest BCUT2D eigenvalue weighted by atomic mass is 10.1. The van der Waals surface area contributed by atoms with Gasteiger partial charge in [-0.3, -0.25) is 4.79 Å². The monoisotopic (exact) mass is 269 g/mol. The molecule has 0 atom stereocenters. The van der Waals surface area contributed by atoms with E-state index in [1.165, 1.54) is 0 Å². The molecule has 1 heterocycles. The predicted molar refractivity (Wildman–Crippen MR) is 80.8 cm³/mol. The Labute approximate surface area is 117 Å². The number of amides is 1. The standard InChI is InChI=1S/C16H15NOS/c18-16(13-7-3-1-4-8-13)17(15-11-19-12-15)14-9-5-2-6-10-14/h1-10,15H,11-12H2. The Bertz CT molecular complexity index is 551. The third-order valence-electron chi connectivity index (χ3n) is 3.26. The van der Waals surface area contributed by atoms with Crippen LogP contribution in [0.25, 0.3) is 0 Å². The Morgan fingerprint density at radius 2 is 1.53 bits per heavy atom. The molecule has 1 saturated heterocycles. The van der Waals surface area contributed by atoms with Gasteiger partial charge in [-0.2, -0.15) is 11.8 Å². The zero-order valence-electron chi connectivity index (χ0n) is 10.5.